The molecule has 0 spiro atoms. The molecule has 172 valence electrons. The Morgan fingerprint density at radius 3 is 2.39 bits per heavy atom. The van der Waals surface area contributed by atoms with Gasteiger partial charge in [0.2, 0.25) is 5.72 Å². The molecule has 2 amide bonds. The van der Waals surface area contributed by atoms with Gasteiger partial charge >= 0.3 is 12.2 Å². The molecule has 1 aliphatic rings. The molecule has 0 radical (unpaired) electrons. The number of furan rings is 1. The second kappa shape index (κ2) is 8.16. The number of halogens is 3. The summed E-state index contributed by atoms with van der Waals surface area (Å²) in [7, 11) is 0. The van der Waals surface area contributed by atoms with Crippen LogP contribution in [0.5, 0.6) is 0 Å². The monoisotopic (exact) mass is 478 g/mol. The van der Waals surface area contributed by atoms with Crippen molar-refractivity contribution in [2.75, 3.05) is 0 Å². The second-order valence-corrected chi connectivity index (χ2v) is 8.44. The Hall–Kier alpha value is -3.44. The number of Topliss-reactive ketones (excluding diaryl/α,β-unsaturated/α-hetero) is 2. The summed E-state index contributed by atoms with van der Waals surface area (Å²) in [4.78, 5) is 36.6. The molecule has 4 rings (SSSR count). The zero-order valence-electron chi connectivity index (χ0n) is 17.0. The number of rotatable bonds is 5. The lowest BCUT2D eigenvalue weighted by Crippen LogP contribution is -2.72. The molecule has 7 nitrogen and oxygen atoms in total. The van der Waals surface area contributed by atoms with Crippen molar-refractivity contribution in [3.05, 3.63) is 70.1 Å². The molecule has 3 aromatic rings. The van der Waals surface area contributed by atoms with E-state index >= 15 is 0 Å². The third-order valence-corrected chi connectivity index (χ3v) is 6.25. The van der Waals surface area contributed by atoms with Crippen LogP contribution in [0.1, 0.15) is 38.8 Å². The molecule has 3 N–H and O–H groups in total. The molecule has 1 saturated heterocycles. The van der Waals surface area contributed by atoms with Crippen LogP contribution in [0.25, 0.3) is 11.3 Å². The highest BCUT2D eigenvalue weighted by Crippen LogP contribution is 2.45. The van der Waals surface area contributed by atoms with E-state index in [0.29, 0.717) is 11.1 Å². The first-order valence-electron chi connectivity index (χ1n) is 9.68. The van der Waals surface area contributed by atoms with Crippen molar-refractivity contribution in [3.63, 3.8) is 0 Å². The van der Waals surface area contributed by atoms with Crippen LogP contribution in [-0.2, 0) is 0 Å². The summed E-state index contributed by atoms with van der Waals surface area (Å²) in [6.07, 6.45) is -5.35. The summed E-state index contributed by atoms with van der Waals surface area (Å²) in [6, 6.07) is 9.04. The molecule has 2 aromatic heterocycles. The van der Waals surface area contributed by atoms with Crippen LogP contribution in [0.4, 0.5) is 18.0 Å². The van der Waals surface area contributed by atoms with E-state index in [2.05, 4.69) is 5.32 Å². The zero-order valence-corrected chi connectivity index (χ0v) is 17.8. The SMILES string of the molecule is CC(=O)c1ccc(-c2ccc(C3NC(=O)NC(O)(C(F)(F)F)C3C(=O)c3cccs3)o2)cc1. The van der Waals surface area contributed by atoms with Crippen LogP contribution in [0.15, 0.2) is 58.3 Å². The number of thiophene rings is 1. The first-order valence-corrected chi connectivity index (χ1v) is 10.6. The lowest BCUT2D eigenvalue weighted by Gasteiger charge is -2.44. The van der Waals surface area contributed by atoms with Gasteiger partial charge in [-0.15, -0.1) is 11.3 Å². The summed E-state index contributed by atoms with van der Waals surface area (Å²) < 4.78 is 47.4. The number of carbonyl (C=O) groups is 3. The Morgan fingerprint density at radius 1 is 1.12 bits per heavy atom. The summed E-state index contributed by atoms with van der Waals surface area (Å²) >= 11 is 0.913. The molecule has 11 heteroatoms. The van der Waals surface area contributed by atoms with Crippen molar-refractivity contribution < 1.29 is 37.1 Å². The van der Waals surface area contributed by atoms with E-state index in [-0.39, 0.29) is 22.2 Å². The molecular formula is C22H17F3N2O5S. The van der Waals surface area contributed by atoms with E-state index in [4.69, 9.17) is 4.42 Å². The minimum absolute atomic E-state index is 0.0165. The maximum Gasteiger partial charge on any atom is 0.437 e. The van der Waals surface area contributed by atoms with Gasteiger partial charge in [0.15, 0.2) is 11.6 Å². The number of alkyl halides is 3. The summed E-state index contributed by atoms with van der Waals surface area (Å²) in [5.41, 5.74) is -2.83. The summed E-state index contributed by atoms with van der Waals surface area (Å²) in [6.45, 7) is 1.41. The van der Waals surface area contributed by atoms with E-state index in [0.717, 1.165) is 11.3 Å². The van der Waals surface area contributed by atoms with Gasteiger partial charge in [0.1, 0.15) is 23.5 Å². The predicted octanol–water partition coefficient (Wildman–Crippen LogP) is 4.31. The number of amides is 2. The second-order valence-electron chi connectivity index (χ2n) is 7.50. The lowest BCUT2D eigenvalue weighted by atomic mass is 9.80. The Bertz CT molecular complexity index is 1200. The minimum atomic E-state index is -5.35. The maximum absolute atomic E-state index is 13.9. The van der Waals surface area contributed by atoms with Crippen LogP contribution < -0.4 is 10.6 Å². The number of hydrogen-bond donors (Lipinski definition) is 3. The summed E-state index contributed by atoms with van der Waals surface area (Å²) in [5, 5.41) is 15.8. The Morgan fingerprint density at radius 2 is 1.82 bits per heavy atom. The molecule has 3 unspecified atom stereocenters. The van der Waals surface area contributed by atoms with Crippen LogP contribution in [0.2, 0.25) is 0 Å². The molecular weight excluding hydrogens is 461 g/mol. The van der Waals surface area contributed by atoms with Gasteiger partial charge in [0, 0.05) is 11.1 Å². The van der Waals surface area contributed by atoms with E-state index in [1.165, 1.54) is 41.9 Å². The first-order chi connectivity index (χ1) is 15.5. The van der Waals surface area contributed by atoms with Crippen LogP contribution >= 0.6 is 11.3 Å². The van der Waals surface area contributed by atoms with Gasteiger partial charge in [0.05, 0.1) is 4.88 Å². The van der Waals surface area contributed by atoms with Crippen LogP contribution in [0, 0.1) is 5.92 Å². The van der Waals surface area contributed by atoms with E-state index < -0.39 is 35.7 Å². The molecule has 1 fully saturated rings. The average molecular weight is 478 g/mol. The molecule has 3 atom stereocenters. The highest BCUT2D eigenvalue weighted by atomic mass is 32.1. The predicted molar refractivity (Wildman–Crippen MR) is 112 cm³/mol. The molecule has 0 bridgehead atoms. The number of carbonyl (C=O) groups excluding carboxylic acids is 3. The standard InChI is InChI=1S/C22H17F3N2O5S/c1-11(28)12-4-6-13(7-5-12)14-8-9-15(32-14)18-17(19(29)16-3-2-10-33-16)21(31,22(23,24)25)27-20(30)26-18/h2-10,17-18,31H,1H3,(H2,26,27,30). The normalized spacial score (nSPS) is 23.0. The Kier molecular flexibility index (Phi) is 5.62. The maximum atomic E-state index is 13.9. The van der Waals surface area contributed by atoms with Gasteiger partial charge in [-0.1, -0.05) is 30.3 Å². The van der Waals surface area contributed by atoms with Crippen LogP contribution in [0.3, 0.4) is 0 Å². The molecule has 1 aromatic carbocycles. The molecule has 3 heterocycles. The van der Waals surface area contributed by atoms with Crippen LogP contribution in [-0.4, -0.2) is 34.6 Å². The average Bonchev–Trinajstić information content (AvgIpc) is 3.44. The molecule has 0 aliphatic carbocycles. The van der Waals surface area contributed by atoms with E-state index in [1.54, 1.807) is 24.3 Å². The Balaban J connectivity index is 1.76. The number of ketones is 2. The van der Waals surface area contributed by atoms with Gasteiger partial charge in [0.25, 0.3) is 0 Å². The zero-order chi connectivity index (χ0) is 24.0. The van der Waals surface area contributed by atoms with Gasteiger partial charge in [-0.05, 0) is 30.5 Å². The topological polar surface area (TPSA) is 109 Å². The number of hydrogen-bond acceptors (Lipinski definition) is 6. The smallest absolute Gasteiger partial charge is 0.437 e. The highest BCUT2D eigenvalue weighted by molar-refractivity contribution is 7.12. The summed E-state index contributed by atoms with van der Waals surface area (Å²) in [5.74, 6) is -3.21. The third-order valence-electron chi connectivity index (χ3n) is 5.36. The van der Waals surface area contributed by atoms with Gasteiger partial charge < -0.3 is 20.2 Å². The lowest BCUT2D eigenvalue weighted by molar-refractivity contribution is -0.287. The van der Waals surface area contributed by atoms with E-state index in [9.17, 15) is 32.7 Å². The molecule has 0 saturated carbocycles. The number of benzene rings is 1. The van der Waals surface area contributed by atoms with Gasteiger partial charge in [-0.25, -0.2) is 4.79 Å². The van der Waals surface area contributed by atoms with Crippen molar-refractivity contribution >= 4 is 28.9 Å². The van der Waals surface area contributed by atoms with E-state index in [1.807, 2.05) is 0 Å². The quantitative estimate of drug-likeness (QED) is 0.474. The third kappa shape index (κ3) is 4.05. The van der Waals surface area contributed by atoms with Crippen molar-refractivity contribution in [2.24, 2.45) is 5.92 Å². The fraction of sp³-hybridized carbons (Fsp3) is 0.227. The molecule has 33 heavy (non-hydrogen) atoms. The minimum Gasteiger partial charge on any atom is -0.459 e. The largest absolute Gasteiger partial charge is 0.459 e. The van der Waals surface area contributed by atoms with Crippen molar-refractivity contribution in [3.8, 4) is 11.3 Å². The van der Waals surface area contributed by atoms with Gasteiger partial charge in [-0.2, -0.15) is 13.2 Å². The number of aliphatic hydroxyl groups is 1. The van der Waals surface area contributed by atoms with Crippen molar-refractivity contribution in [1.82, 2.24) is 10.6 Å². The van der Waals surface area contributed by atoms with Gasteiger partial charge in [-0.3, -0.25) is 9.59 Å². The number of nitrogens with one attached hydrogen (secondary N) is 2. The van der Waals surface area contributed by atoms with Crippen molar-refractivity contribution in [1.29, 1.82) is 0 Å². The Labute approximate surface area is 189 Å². The highest BCUT2D eigenvalue weighted by Gasteiger charge is 2.67. The number of urea groups is 1. The first kappa shape index (κ1) is 22.7. The molecule has 1 aliphatic heterocycles. The fourth-order valence-electron chi connectivity index (χ4n) is 3.69. The van der Waals surface area contributed by atoms with Crippen molar-refractivity contribution in [2.45, 2.75) is 24.9 Å². The fourth-order valence-corrected chi connectivity index (χ4v) is 4.40.